The van der Waals surface area contributed by atoms with Gasteiger partial charge in [0.1, 0.15) is 11.4 Å². The van der Waals surface area contributed by atoms with Crippen LogP contribution in [0.4, 0.5) is 5.69 Å². The molecule has 0 fully saturated rings. The minimum absolute atomic E-state index is 0.0800. The van der Waals surface area contributed by atoms with E-state index in [1.165, 1.54) is 18.2 Å². The van der Waals surface area contributed by atoms with Crippen LogP contribution in [0, 0.1) is 0 Å². The number of hydrogen-bond acceptors (Lipinski definition) is 5. The maximum Gasteiger partial charge on any atom is 0.259 e. The van der Waals surface area contributed by atoms with E-state index in [0.29, 0.717) is 22.6 Å². The fourth-order valence-corrected chi connectivity index (χ4v) is 3.24. The molecule has 2 aromatic rings. The summed E-state index contributed by atoms with van der Waals surface area (Å²) in [4.78, 5) is 48.2. The monoisotopic (exact) mass is 364 g/mol. The quantitative estimate of drug-likeness (QED) is 0.798. The van der Waals surface area contributed by atoms with Gasteiger partial charge in [-0.05, 0) is 50.2 Å². The van der Waals surface area contributed by atoms with Crippen LogP contribution >= 0.6 is 0 Å². The zero-order valence-electron chi connectivity index (χ0n) is 14.7. The Morgan fingerprint density at radius 1 is 1.00 bits per heavy atom. The van der Waals surface area contributed by atoms with Crippen LogP contribution < -0.4 is 15.4 Å². The molecule has 0 bridgehead atoms. The number of ether oxygens (including phenoxy) is 1. The average molecular weight is 364 g/mol. The highest BCUT2D eigenvalue weighted by Crippen LogP contribution is 2.33. The number of amides is 3. The third-order valence-corrected chi connectivity index (χ3v) is 4.51. The van der Waals surface area contributed by atoms with Gasteiger partial charge in [0, 0.05) is 11.3 Å². The van der Waals surface area contributed by atoms with Crippen molar-refractivity contribution in [2.24, 2.45) is 0 Å². The third-order valence-electron chi connectivity index (χ3n) is 4.51. The van der Waals surface area contributed by atoms with E-state index in [2.05, 4.69) is 10.6 Å². The highest BCUT2D eigenvalue weighted by atomic mass is 16.5. The molecule has 0 radical (unpaired) electrons. The molecule has 136 valence electrons. The summed E-state index contributed by atoms with van der Waals surface area (Å²) in [6.45, 7) is 3.67. The van der Waals surface area contributed by atoms with Crippen molar-refractivity contribution in [2.75, 3.05) is 5.32 Å². The fraction of sp³-hybridized carbons (Fsp3) is 0.200. The standard InChI is InChI=1S/C20H16N2O5/c1-20(2)9-15(23)14-7-10(3-6-16(14)27-20)17(24)21-11-4-5-12-13(8-11)19(26)22-18(12)25/h3-8H,9H2,1-2H3,(H,21,24)(H,22,25,26). The van der Waals surface area contributed by atoms with Crippen molar-refractivity contribution in [1.29, 1.82) is 0 Å². The van der Waals surface area contributed by atoms with Crippen molar-refractivity contribution in [3.8, 4) is 5.75 Å². The van der Waals surface area contributed by atoms with Gasteiger partial charge in [0.05, 0.1) is 23.1 Å². The van der Waals surface area contributed by atoms with E-state index in [1.807, 2.05) is 13.8 Å². The summed E-state index contributed by atoms with van der Waals surface area (Å²) in [5.41, 5.74) is 0.972. The van der Waals surface area contributed by atoms with E-state index in [9.17, 15) is 19.2 Å². The molecule has 0 aliphatic carbocycles. The van der Waals surface area contributed by atoms with Crippen molar-refractivity contribution in [1.82, 2.24) is 5.32 Å². The number of imide groups is 1. The lowest BCUT2D eigenvalue weighted by Crippen LogP contribution is -2.36. The molecule has 27 heavy (non-hydrogen) atoms. The summed E-state index contributed by atoms with van der Waals surface area (Å²) in [5.74, 6) is -1.00. The van der Waals surface area contributed by atoms with Crippen LogP contribution in [0.1, 0.15) is 61.7 Å². The molecule has 4 rings (SSSR count). The second kappa shape index (κ2) is 5.77. The first kappa shape index (κ1) is 17.0. The van der Waals surface area contributed by atoms with Crippen LogP contribution in [-0.4, -0.2) is 29.1 Å². The maximum absolute atomic E-state index is 12.5. The van der Waals surface area contributed by atoms with Crippen molar-refractivity contribution in [3.05, 3.63) is 58.7 Å². The molecule has 0 saturated heterocycles. The molecule has 7 nitrogen and oxygen atoms in total. The molecule has 2 N–H and O–H groups in total. The molecule has 2 aromatic carbocycles. The summed E-state index contributed by atoms with van der Waals surface area (Å²) >= 11 is 0. The first-order chi connectivity index (χ1) is 12.7. The number of hydrogen-bond donors (Lipinski definition) is 2. The van der Waals surface area contributed by atoms with E-state index < -0.39 is 23.3 Å². The van der Waals surface area contributed by atoms with E-state index in [-0.39, 0.29) is 23.3 Å². The molecule has 2 aliphatic rings. The number of anilines is 1. The Hall–Kier alpha value is -3.48. The lowest BCUT2D eigenvalue weighted by molar-refractivity contribution is 0.0619. The number of ketones is 1. The van der Waals surface area contributed by atoms with Gasteiger partial charge in [-0.1, -0.05) is 0 Å². The maximum atomic E-state index is 12.5. The number of carbonyl (C=O) groups excluding carboxylic acids is 4. The van der Waals surface area contributed by atoms with Gasteiger partial charge in [0.2, 0.25) is 0 Å². The van der Waals surface area contributed by atoms with E-state index in [0.717, 1.165) is 0 Å². The van der Waals surface area contributed by atoms with Crippen molar-refractivity contribution >= 4 is 29.2 Å². The lowest BCUT2D eigenvalue weighted by Gasteiger charge is -2.31. The Kier molecular flexibility index (Phi) is 3.62. The molecule has 0 unspecified atom stereocenters. The first-order valence-electron chi connectivity index (χ1n) is 8.41. The zero-order valence-corrected chi connectivity index (χ0v) is 14.7. The second-order valence-corrected chi connectivity index (χ2v) is 7.17. The number of carbonyl (C=O) groups is 4. The van der Waals surface area contributed by atoms with Crippen molar-refractivity contribution in [2.45, 2.75) is 25.9 Å². The molecule has 0 spiro atoms. The summed E-state index contributed by atoms with van der Waals surface area (Å²) in [6.07, 6.45) is 0.235. The van der Waals surface area contributed by atoms with Gasteiger partial charge in [0.25, 0.3) is 17.7 Å². The van der Waals surface area contributed by atoms with Crippen LogP contribution in [-0.2, 0) is 0 Å². The fourth-order valence-electron chi connectivity index (χ4n) is 3.24. The third kappa shape index (κ3) is 2.97. The van der Waals surface area contributed by atoms with Crippen LogP contribution in [0.2, 0.25) is 0 Å². The number of rotatable bonds is 2. The van der Waals surface area contributed by atoms with Crippen LogP contribution in [0.3, 0.4) is 0 Å². The normalized spacial score (nSPS) is 16.9. The van der Waals surface area contributed by atoms with Crippen LogP contribution in [0.25, 0.3) is 0 Å². The Bertz CT molecular complexity index is 1040. The van der Waals surface area contributed by atoms with Crippen molar-refractivity contribution < 1.29 is 23.9 Å². The molecule has 0 saturated carbocycles. The van der Waals surface area contributed by atoms with Gasteiger partial charge < -0.3 is 10.1 Å². The molecule has 2 aliphatic heterocycles. The second-order valence-electron chi connectivity index (χ2n) is 7.17. The zero-order chi connectivity index (χ0) is 19.3. The molecule has 2 heterocycles. The van der Waals surface area contributed by atoms with Gasteiger partial charge in [0.15, 0.2) is 5.78 Å². The van der Waals surface area contributed by atoms with Gasteiger partial charge in [-0.15, -0.1) is 0 Å². The first-order valence-corrected chi connectivity index (χ1v) is 8.41. The Morgan fingerprint density at radius 3 is 2.52 bits per heavy atom. The highest BCUT2D eigenvalue weighted by molar-refractivity contribution is 6.22. The van der Waals surface area contributed by atoms with E-state index in [1.54, 1.807) is 18.2 Å². The number of fused-ring (bicyclic) bond motifs is 2. The van der Waals surface area contributed by atoms with Crippen LogP contribution in [0.5, 0.6) is 5.75 Å². The molecule has 7 heteroatoms. The minimum Gasteiger partial charge on any atom is -0.487 e. The molecule has 0 aromatic heterocycles. The summed E-state index contributed by atoms with van der Waals surface area (Å²) < 4.78 is 5.79. The molecule has 3 amide bonds. The predicted molar refractivity (Wildman–Crippen MR) is 96.3 cm³/mol. The number of benzene rings is 2. The van der Waals surface area contributed by atoms with Gasteiger partial charge >= 0.3 is 0 Å². The number of nitrogens with one attached hydrogen (secondary N) is 2. The minimum atomic E-state index is -0.573. The number of Topliss-reactive ketones (excluding diaryl/α,β-unsaturated/α-hetero) is 1. The molecular formula is C20H16N2O5. The Morgan fingerprint density at radius 2 is 1.74 bits per heavy atom. The van der Waals surface area contributed by atoms with Crippen molar-refractivity contribution in [3.63, 3.8) is 0 Å². The van der Waals surface area contributed by atoms with Crippen LogP contribution in [0.15, 0.2) is 36.4 Å². The van der Waals surface area contributed by atoms with Gasteiger partial charge in [-0.2, -0.15) is 0 Å². The summed E-state index contributed by atoms with van der Waals surface area (Å²) in [7, 11) is 0. The predicted octanol–water partition coefficient (Wildman–Crippen LogP) is 2.57. The smallest absolute Gasteiger partial charge is 0.259 e. The van der Waals surface area contributed by atoms with E-state index >= 15 is 0 Å². The van der Waals surface area contributed by atoms with Gasteiger partial charge in [-0.25, -0.2) is 0 Å². The average Bonchev–Trinajstić information content (AvgIpc) is 2.87. The molecule has 0 atom stereocenters. The Balaban J connectivity index is 1.59. The summed E-state index contributed by atoms with van der Waals surface area (Å²) in [6, 6.07) is 9.17. The largest absolute Gasteiger partial charge is 0.487 e. The summed E-state index contributed by atoms with van der Waals surface area (Å²) in [5, 5.41) is 4.88. The van der Waals surface area contributed by atoms with Gasteiger partial charge in [-0.3, -0.25) is 24.5 Å². The van der Waals surface area contributed by atoms with E-state index in [4.69, 9.17) is 4.74 Å². The highest BCUT2D eigenvalue weighted by Gasteiger charge is 2.33. The molecular weight excluding hydrogens is 348 g/mol. The SMILES string of the molecule is CC1(C)CC(=O)c2cc(C(=O)Nc3ccc4c(c3)C(=O)NC4=O)ccc2O1. The Labute approximate surface area is 154 Å². The lowest BCUT2D eigenvalue weighted by atomic mass is 9.92. The topological polar surface area (TPSA) is 102 Å².